The molecule has 1 saturated carbocycles. The molecular formula is C13H13NOS. The maximum atomic E-state index is 11.8. The topological polar surface area (TPSA) is 29.1 Å². The molecule has 1 heterocycles. The van der Waals surface area contributed by atoms with Crippen LogP contribution in [0.1, 0.15) is 23.2 Å². The highest BCUT2D eigenvalue weighted by atomic mass is 32.1. The summed E-state index contributed by atoms with van der Waals surface area (Å²) in [5.41, 5.74) is 0.770. The van der Waals surface area contributed by atoms with Crippen LogP contribution < -0.4 is 5.32 Å². The predicted octanol–water partition coefficient (Wildman–Crippen LogP) is 3.04. The SMILES string of the molecule is O=C(NCC1CC1)c1ccc2sccc2c1. The van der Waals surface area contributed by atoms with E-state index < -0.39 is 0 Å². The second kappa shape index (κ2) is 3.91. The van der Waals surface area contributed by atoms with Gasteiger partial charge in [-0.2, -0.15) is 0 Å². The van der Waals surface area contributed by atoms with Crippen molar-refractivity contribution in [3.63, 3.8) is 0 Å². The van der Waals surface area contributed by atoms with Crippen molar-refractivity contribution < 1.29 is 4.79 Å². The number of carbonyl (C=O) groups excluding carboxylic acids is 1. The molecule has 0 spiro atoms. The van der Waals surface area contributed by atoms with Gasteiger partial charge in [-0.05, 0) is 53.8 Å². The number of amides is 1. The number of benzene rings is 1. The van der Waals surface area contributed by atoms with Crippen LogP contribution in [0.3, 0.4) is 0 Å². The molecule has 0 radical (unpaired) electrons. The van der Waals surface area contributed by atoms with Crippen molar-refractivity contribution >= 4 is 27.3 Å². The van der Waals surface area contributed by atoms with E-state index in [4.69, 9.17) is 0 Å². The summed E-state index contributed by atoms with van der Waals surface area (Å²) in [5, 5.41) is 6.19. The summed E-state index contributed by atoms with van der Waals surface area (Å²) in [6.45, 7) is 0.834. The fourth-order valence-corrected chi connectivity index (χ4v) is 2.54. The van der Waals surface area contributed by atoms with E-state index in [1.165, 1.54) is 17.5 Å². The zero-order valence-electron chi connectivity index (χ0n) is 8.90. The van der Waals surface area contributed by atoms with Crippen LogP contribution in [0, 0.1) is 5.92 Å². The molecule has 16 heavy (non-hydrogen) atoms. The second-order valence-electron chi connectivity index (χ2n) is 4.33. The lowest BCUT2D eigenvalue weighted by Crippen LogP contribution is -2.25. The van der Waals surface area contributed by atoms with Crippen molar-refractivity contribution in [2.45, 2.75) is 12.8 Å². The van der Waals surface area contributed by atoms with Crippen molar-refractivity contribution in [2.24, 2.45) is 5.92 Å². The van der Waals surface area contributed by atoms with Crippen LogP contribution in [-0.4, -0.2) is 12.5 Å². The fraction of sp³-hybridized carbons (Fsp3) is 0.308. The molecule has 0 atom stereocenters. The lowest BCUT2D eigenvalue weighted by molar-refractivity contribution is 0.0952. The average molecular weight is 231 g/mol. The van der Waals surface area contributed by atoms with Crippen molar-refractivity contribution in [3.8, 4) is 0 Å². The molecule has 0 saturated heterocycles. The zero-order chi connectivity index (χ0) is 11.0. The van der Waals surface area contributed by atoms with Gasteiger partial charge in [-0.1, -0.05) is 0 Å². The number of rotatable bonds is 3. The quantitative estimate of drug-likeness (QED) is 0.864. The number of thiophene rings is 1. The van der Waals surface area contributed by atoms with E-state index in [0.717, 1.165) is 23.4 Å². The highest BCUT2D eigenvalue weighted by molar-refractivity contribution is 7.17. The van der Waals surface area contributed by atoms with Gasteiger partial charge in [0.15, 0.2) is 0 Å². The van der Waals surface area contributed by atoms with E-state index in [1.807, 2.05) is 18.2 Å². The van der Waals surface area contributed by atoms with Crippen LogP contribution in [0.25, 0.3) is 10.1 Å². The number of carbonyl (C=O) groups is 1. The molecule has 2 nitrogen and oxygen atoms in total. The lowest BCUT2D eigenvalue weighted by atomic mass is 10.1. The number of hydrogen-bond acceptors (Lipinski definition) is 2. The molecule has 0 bridgehead atoms. The summed E-state index contributed by atoms with van der Waals surface area (Å²) >= 11 is 1.70. The van der Waals surface area contributed by atoms with Gasteiger partial charge in [-0.3, -0.25) is 4.79 Å². The molecule has 3 rings (SSSR count). The van der Waals surface area contributed by atoms with Crippen LogP contribution in [-0.2, 0) is 0 Å². The monoisotopic (exact) mass is 231 g/mol. The molecule has 0 unspecified atom stereocenters. The minimum atomic E-state index is 0.0556. The van der Waals surface area contributed by atoms with Gasteiger partial charge in [0, 0.05) is 16.8 Å². The zero-order valence-corrected chi connectivity index (χ0v) is 9.72. The maximum absolute atomic E-state index is 11.8. The third-order valence-electron chi connectivity index (χ3n) is 2.96. The Balaban J connectivity index is 1.78. The first kappa shape index (κ1) is 9.85. The molecule has 1 aliphatic rings. The summed E-state index contributed by atoms with van der Waals surface area (Å²) in [4.78, 5) is 11.8. The summed E-state index contributed by atoms with van der Waals surface area (Å²) in [6.07, 6.45) is 2.54. The normalized spacial score (nSPS) is 15.2. The van der Waals surface area contributed by atoms with Gasteiger partial charge in [-0.15, -0.1) is 11.3 Å². The van der Waals surface area contributed by atoms with E-state index in [-0.39, 0.29) is 5.91 Å². The van der Waals surface area contributed by atoms with E-state index in [0.29, 0.717) is 0 Å². The van der Waals surface area contributed by atoms with Gasteiger partial charge in [0.1, 0.15) is 0 Å². The summed E-state index contributed by atoms with van der Waals surface area (Å²) in [5.74, 6) is 0.786. The fourth-order valence-electron chi connectivity index (χ4n) is 1.77. The van der Waals surface area contributed by atoms with Crippen LogP contribution in [0.15, 0.2) is 29.6 Å². The molecule has 1 fully saturated rings. The van der Waals surface area contributed by atoms with Gasteiger partial charge < -0.3 is 5.32 Å². The number of hydrogen-bond donors (Lipinski definition) is 1. The molecule has 0 aliphatic heterocycles. The Hall–Kier alpha value is -1.35. The Labute approximate surface area is 98.3 Å². The molecule has 1 N–H and O–H groups in total. The molecule has 3 heteroatoms. The van der Waals surface area contributed by atoms with Crippen molar-refractivity contribution in [1.82, 2.24) is 5.32 Å². The van der Waals surface area contributed by atoms with E-state index in [2.05, 4.69) is 16.8 Å². The highest BCUT2D eigenvalue weighted by Gasteiger charge is 2.21. The van der Waals surface area contributed by atoms with Crippen molar-refractivity contribution in [1.29, 1.82) is 0 Å². The first-order chi connectivity index (χ1) is 7.83. The van der Waals surface area contributed by atoms with Gasteiger partial charge in [-0.25, -0.2) is 0 Å². The third-order valence-corrected chi connectivity index (χ3v) is 3.86. The van der Waals surface area contributed by atoms with Crippen LogP contribution in [0.4, 0.5) is 0 Å². The number of nitrogens with one attached hydrogen (secondary N) is 1. The second-order valence-corrected chi connectivity index (χ2v) is 5.27. The van der Waals surface area contributed by atoms with Gasteiger partial charge in [0.05, 0.1) is 0 Å². The predicted molar refractivity (Wildman–Crippen MR) is 66.9 cm³/mol. The van der Waals surface area contributed by atoms with Gasteiger partial charge >= 0.3 is 0 Å². The molecule has 1 aliphatic carbocycles. The Kier molecular flexibility index (Phi) is 2.40. The molecule has 1 aromatic heterocycles. The molecule has 82 valence electrons. The molecule has 1 amide bonds. The largest absolute Gasteiger partial charge is 0.352 e. The lowest BCUT2D eigenvalue weighted by Gasteiger charge is -2.03. The van der Waals surface area contributed by atoms with E-state index in [9.17, 15) is 4.79 Å². The third kappa shape index (κ3) is 1.95. The first-order valence-corrected chi connectivity index (χ1v) is 6.46. The number of fused-ring (bicyclic) bond motifs is 1. The van der Waals surface area contributed by atoms with E-state index >= 15 is 0 Å². The minimum absolute atomic E-state index is 0.0556. The Morgan fingerprint density at radius 2 is 2.25 bits per heavy atom. The average Bonchev–Trinajstić information content (AvgIpc) is 3.01. The highest BCUT2D eigenvalue weighted by Crippen LogP contribution is 2.27. The molecule has 2 aromatic rings. The summed E-state index contributed by atoms with van der Waals surface area (Å²) < 4.78 is 1.23. The standard InChI is InChI=1S/C13H13NOS/c15-13(14-8-9-1-2-9)11-3-4-12-10(7-11)5-6-16-12/h3-7,9H,1-2,8H2,(H,14,15). The smallest absolute Gasteiger partial charge is 0.251 e. The van der Waals surface area contributed by atoms with Crippen LogP contribution in [0.5, 0.6) is 0 Å². The van der Waals surface area contributed by atoms with Gasteiger partial charge in [0.2, 0.25) is 0 Å². The van der Waals surface area contributed by atoms with Crippen molar-refractivity contribution in [2.75, 3.05) is 6.54 Å². The first-order valence-electron chi connectivity index (χ1n) is 5.58. The Bertz CT molecular complexity index is 527. The van der Waals surface area contributed by atoms with Crippen LogP contribution >= 0.6 is 11.3 Å². The van der Waals surface area contributed by atoms with Gasteiger partial charge in [0.25, 0.3) is 5.91 Å². The summed E-state index contributed by atoms with van der Waals surface area (Å²) in [6, 6.07) is 7.94. The van der Waals surface area contributed by atoms with Crippen LogP contribution in [0.2, 0.25) is 0 Å². The maximum Gasteiger partial charge on any atom is 0.251 e. The van der Waals surface area contributed by atoms with E-state index in [1.54, 1.807) is 11.3 Å². The van der Waals surface area contributed by atoms with Crippen molar-refractivity contribution in [3.05, 3.63) is 35.2 Å². The Morgan fingerprint density at radius 1 is 1.38 bits per heavy atom. The molecular weight excluding hydrogens is 218 g/mol. The Morgan fingerprint density at radius 3 is 3.06 bits per heavy atom. The minimum Gasteiger partial charge on any atom is -0.352 e. The summed E-state index contributed by atoms with van der Waals surface area (Å²) in [7, 11) is 0. The molecule has 1 aromatic carbocycles.